The van der Waals surface area contributed by atoms with Crippen molar-refractivity contribution in [3.63, 3.8) is 0 Å². The highest BCUT2D eigenvalue weighted by atomic mass is 16.3. The second-order valence-electron chi connectivity index (χ2n) is 6.70. The third-order valence-electron chi connectivity index (χ3n) is 4.27. The molecule has 1 aromatic heterocycles. The topological polar surface area (TPSA) is 38.0 Å². The van der Waals surface area contributed by atoms with Crippen LogP contribution in [0.15, 0.2) is 12.4 Å². The Morgan fingerprint density at radius 3 is 2.95 bits per heavy atom. The Hall–Kier alpha value is -0.830. The first-order chi connectivity index (χ1) is 9.00. The fourth-order valence-electron chi connectivity index (χ4n) is 3.54. The van der Waals surface area contributed by atoms with E-state index in [-0.39, 0.29) is 0 Å². The van der Waals surface area contributed by atoms with E-state index in [1.54, 1.807) is 0 Å². The van der Waals surface area contributed by atoms with E-state index in [1.807, 2.05) is 10.9 Å². The first kappa shape index (κ1) is 14.6. The Balaban J connectivity index is 1.97. The van der Waals surface area contributed by atoms with Crippen molar-refractivity contribution in [2.24, 2.45) is 11.8 Å². The third kappa shape index (κ3) is 4.07. The molecular formula is C16H28N2O. The van der Waals surface area contributed by atoms with Crippen molar-refractivity contribution in [3.05, 3.63) is 18.0 Å². The number of aryl methyl sites for hydroxylation is 1. The van der Waals surface area contributed by atoms with Gasteiger partial charge in [0.1, 0.15) is 0 Å². The van der Waals surface area contributed by atoms with Gasteiger partial charge in [-0.3, -0.25) is 4.68 Å². The van der Waals surface area contributed by atoms with Crippen molar-refractivity contribution < 1.29 is 5.11 Å². The van der Waals surface area contributed by atoms with Gasteiger partial charge in [0.2, 0.25) is 0 Å². The average molecular weight is 264 g/mol. The molecule has 1 heterocycles. The lowest BCUT2D eigenvalue weighted by molar-refractivity contribution is -0.0189. The molecule has 1 saturated carbocycles. The van der Waals surface area contributed by atoms with Gasteiger partial charge in [0.25, 0.3) is 0 Å². The quantitative estimate of drug-likeness (QED) is 0.885. The summed E-state index contributed by atoms with van der Waals surface area (Å²) in [6.45, 7) is 7.54. The van der Waals surface area contributed by atoms with Crippen LogP contribution in [0.5, 0.6) is 0 Å². The van der Waals surface area contributed by atoms with Crippen LogP contribution in [-0.4, -0.2) is 20.5 Å². The van der Waals surface area contributed by atoms with Crippen LogP contribution in [0.2, 0.25) is 0 Å². The summed E-state index contributed by atoms with van der Waals surface area (Å²) in [5.74, 6) is 1.43. The third-order valence-corrected chi connectivity index (χ3v) is 4.27. The lowest BCUT2D eigenvalue weighted by Gasteiger charge is -2.37. The largest absolute Gasteiger partial charge is 0.390 e. The second kappa shape index (κ2) is 6.08. The monoisotopic (exact) mass is 264 g/mol. The van der Waals surface area contributed by atoms with E-state index in [9.17, 15) is 5.11 Å². The molecule has 1 aliphatic rings. The van der Waals surface area contributed by atoms with Crippen molar-refractivity contribution >= 4 is 0 Å². The fourth-order valence-corrected chi connectivity index (χ4v) is 3.54. The minimum Gasteiger partial charge on any atom is -0.390 e. The molecule has 19 heavy (non-hydrogen) atoms. The van der Waals surface area contributed by atoms with Crippen LogP contribution in [0.4, 0.5) is 0 Å². The van der Waals surface area contributed by atoms with E-state index in [0.29, 0.717) is 5.92 Å². The van der Waals surface area contributed by atoms with Crippen molar-refractivity contribution in [1.82, 2.24) is 9.78 Å². The van der Waals surface area contributed by atoms with Gasteiger partial charge in [-0.25, -0.2) is 0 Å². The number of hydrogen-bond acceptors (Lipinski definition) is 2. The summed E-state index contributed by atoms with van der Waals surface area (Å²) >= 11 is 0. The molecule has 1 N–H and O–H groups in total. The molecule has 0 aromatic carbocycles. The molecule has 0 spiro atoms. The van der Waals surface area contributed by atoms with Gasteiger partial charge in [-0.1, -0.05) is 26.7 Å². The van der Waals surface area contributed by atoms with E-state index >= 15 is 0 Å². The molecule has 2 atom stereocenters. The molecule has 3 nitrogen and oxygen atoms in total. The lowest BCUT2D eigenvalue weighted by atomic mass is 9.73. The first-order valence-electron chi connectivity index (χ1n) is 7.74. The Morgan fingerprint density at radius 2 is 2.32 bits per heavy atom. The molecule has 1 fully saturated rings. The molecule has 108 valence electrons. The Bertz CT molecular complexity index is 399. The summed E-state index contributed by atoms with van der Waals surface area (Å²) in [6.07, 6.45) is 10.3. The summed E-state index contributed by atoms with van der Waals surface area (Å²) < 4.78 is 1.94. The Morgan fingerprint density at radius 1 is 1.53 bits per heavy atom. The SMILES string of the molecule is CCn1cc(CC2(O)CCCC(CC(C)C)C2)cn1. The van der Waals surface area contributed by atoms with E-state index < -0.39 is 5.60 Å². The number of rotatable bonds is 5. The lowest BCUT2D eigenvalue weighted by Crippen LogP contribution is -2.37. The second-order valence-corrected chi connectivity index (χ2v) is 6.70. The highest BCUT2D eigenvalue weighted by molar-refractivity contribution is 5.09. The summed E-state index contributed by atoms with van der Waals surface area (Å²) in [7, 11) is 0. The maximum absolute atomic E-state index is 10.9. The number of aliphatic hydroxyl groups is 1. The number of hydrogen-bond donors (Lipinski definition) is 1. The van der Waals surface area contributed by atoms with Crippen LogP contribution in [0.1, 0.15) is 58.4 Å². The first-order valence-corrected chi connectivity index (χ1v) is 7.74. The highest BCUT2D eigenvalue weighted by Gasteiger charge is 2.34. The fraction of sp³-hybridized carbons (Fsp3) is 0.812. The van der Waals surface area contributed by atoms with Crippen LogP contribution < -0.4 is 0 Å². The van der Waals surface area contributed by atoms with Crippen LogP contribution in [-0.2, 0) is 13.0 Å². The maximum atomic E-state index is 10.9. The summed E-state index contributed by atoms with van der Waals surface area (Å²) in [5, 5.41) is 15.2. The van der Waals surface area contributed by atoms with Crippen molar-refractivity contribution in [2.45, 2.75) is 71.4 Å². The summed E-state index contributed by atoms with van der Waals surface area (Å²) in [5.41, 5.74) is 0.675. The van der Waals surface area contributed by atoms with Gasteiger partial charge >= 0.3 is 0 Å². The normalized spacial score (nSPS) is 27.9. The van der Waals surface area contributed by atoms with Crippen LogP contribution in [0.3, 0.4) is 0 Å². The van der Waals surface area contributed by atoms with E-state index in [1.165, 1.54) is 18.4 Å². The number of nitrogens with zero attached hydrogens (tertiary/aromatic N) is 2. The minimum absolute atomic E-state index is 0.501. The minimum atomic E-state index is -0.501. The molecule has 2 unspecified atom stereocenters. The van der Waals surface area contributed by atoms with Gasteiger partial charge in [-0.05, 0) is 43.6 Å². The van der Waals surface area contributed by atoms with E-state index in [4.69, 9.17) is 0 Å². The standard InChI is InChI=1S/C16H28N2O/c1-4-18-12-15(11-17-18)10-16(19)7-5-6-14(9-16)8-13(2)3/h11-14,19H,4-10H2,1-3H3. The molecule has 3 heteroatoms. The maximum Gasteiger partial charge on any atom is 0.0691 e. The molecule has 1 aliphatic carbocycles. The van der Waals surface area contributed by atoms with Crippen LogP contribution >= 0.6 is 0 Å². The van der Waals surface area contributed by atoms with Gasteiger partial charge in [-0.15, -0.1) is 0 Å². The molecule has 1 aromatic rings. The predicted octanol–water partition coefficient (Wildman–Crippen LogP) is 3.41. The van der Waals surface area contributed by atoms with Crippen molar-refractivity contribution in [2.75, 3.05) is 0 Å². The van der Waals surface area contributed by atoms with Gasteiger partial charge in [0.15, 0.2) is 0 Å². The zero-order chi connectivity index (χ0) is 13.9. The Kier molecular flexibility index (Phi) is 4.67. The molecule has 0 aliphatic heterocycles. The van der Waals surface area contributed by atoms with Crippen LogP contribution in [0, 0.1) is 11.8 Å². The van der Waals surface area contributed by atoms with E-state index in [2.05, 4.69) is 32.1 Å². The van der Waals surface area contributed by atoms with Gasteiger partial charge < -0.3 is 5.11 Å². The zero-order valence-electron chi connectivity index (χ0n) is 12.6. The molecular weight excluding hydrogens is 236 g/mol. The van der Waals surface area contributed by atoms with Gasteiger partial charge in [0, 0.05) is 19.2 Å². The van der Waals surface area contributed by atoms with Gasteiger partial charge in [0.05, 0.1) is 11.8 Å². The summed E-state index contributed by atoms with van der Waals surface area (Å²) in [6, 6.07) is 0. The molecule has 0 amide bonds. The van der Waals surface area contributed by atoms with Crippen molar-refractivity contribution in [3.8, 4) is 0 Å². The zero-order valence-corrected chi connectivity index (χ0v) is 12.6. The highest BCUT2D eigenvalue weighted by Crippen LogP contribution is 2.37. The average Bonchev–Trinajstić information content (AvgIpc) is 2.75. The van der Waals surface area contributed by atoms with Crippen LogP contribution in [0.25, 0.3) is 0 Å². The van der Waals surface area contributed by atoms with E-state index in [0.717, 1.165) is 38.1 Å². The summed E-state index contributed by atoms with van der Waals surface area (Å²) in [4.78, 5) is 0. The molecule has 0 bridgehead atoms. The smallest absolute Gasteiger partial charge is 0.0691 e. The molecule has 2 rings (SSSR count). The number of aromatic nitrogens is 2. The molecule has 0 saturated heterocycles. The predicted molar refractivity (Wildman–Crippen MR) is 78.0 cm³/mol. The van der Waals surface area contributed by atoms with Gasteiger partial charge in [-0.2, -0.15) is 5.10 Å². The molecule has 0 radical (unpaired) electrons. The Labute approximate surface area is 117 Å². The van der Waals surface area contributed by atoms with Crippen molar-refractivity contribution in [1.29, 1.82) is 0 Å².